The minimum atomic E-state index is -0.0940. The van der Waals surface area contributed by atoms with Gasteiger partial charge in [-0.3, -0.25) is 4.79 Å². The molecule has 1 N–H and O–H groups in total. The van der Waals surface area contributed by atoms with E-state index < -0.39 is 0 Å². The molecule has 3 rings (SSSR count). The Morgan fingerprint density at radius 1 is 1.37 bits per heavy atom. The van der Waals surface area contributed by atoms with Gasteiger partial charge in [0.15, 0.2) is 0 Å². The quantitative estimate of drug-likeness (QED) is 0.815. The number of hydrogen-bond donors (Lipinski definition) is 1. The van der Waals surface area contributed by atoms with E-state index in [0.717, 1.165) is 37.1 Å². The van der Waals surface area contributed by atoms with Gasteiger partial charge in [-0.25, -0.2) is 4.98 Å². The molecule has 2 aromatic rings. The lowest BCUT2D eigenvalue weighted by molar-refractivity contribution is 0.471. The van der Waals surface area contributed by atoms with Crippen LogP contribution in [0.3, 0.4) is 0 Å². The first kappa shape index (κ1) is 12.5. The van der Waals surface area contributed by atoms with Crippen LogP contribution < -0.4 is 10.5 Å². The van der Waals surface area contributed by atoms with E-state index in [9.17, 15) is 4.79 Å². The molecule has 19 heavy (non-hydrogen) atoms. The highest BCUT2D eigenvalue weighted by Crippen LogP contribution is 2.31. The van der Waals surface area contributed by atoms with Crippen molar-refractivity contribution >= 4 is 28.2 Å². The van der Waals surface area contributed by atoms with Crippen LogP contribution in [0.4, 0.5) is 5.69 Å². The first-order valence-electron chi connectivity index (χ1n) is 6.46. The van der Waals surface area contributed by atoms with E-state index in [1.807, 2.05) is 18.2 Å². The van der Waals surface area contributed by atoms with Crippen molar-refractivity contribution in [2.45, 2.75) is 24.6 Å². The van der Waals surface area contributed by atoms with Crippen molar-refractivity contribution in [3.05, 3.63) is 34.9 Å². The molecule has 0 amide bonds. The number of alkyl halides is 1. The lowest BCUT2D eigenvalue weighted by Crippen LogP contribution is -2.39. The Kier molecular flexibility index (Phi) is 2.97. The number of nitrogens with one attached hydrogen (secondary N) is 1. The molecular formula is C14H16ClN3O. The zero-order chi connectivity index (χ0) is 13.5. The van der Waals surface area contributed by atoms with Crippen molar-refractivity contribution in [2.75, 3.05) is 18.0 Å². The van der Waals surface area contributed by atoms with Crippen LogP contribution in [0, 0.1) is 0 Å². The van der Waals surface area contributed by atoms with Crippen molar-refractivity contribution in [1.82, 2.24) is 9.97 Å². The zero-order valence-electron chi connectivity index (χ0n) is 10.8. The third kappa shape index (κ3) is 2.45. The van der Waals surface area contributed by atoms with Crippen molar-refractivity contribution in [2.24, 2.45) is 0 Å². The summed E-state index contributed by atoms with van der Waals surface area (Å²) in [5.41, 5.74) is 1.75. The van der Waals surface area contributed by atoms with Gasteiger partial charge < -0.3 is 9.88 Å². The maximum atomic E-state index is 11.6. The van der Waals surface area contributed by atoms with E-state index in [2.05, 4.69) is 21.8 Å². The van der Waals surface area contributed by atoms with Crippen LogP contribution in [0.25, 0.3) is 10.9 Å². The summed E-state index contributed by atoms with van der Waals surface area (Å²) in [4.78, 5) is 20.6. The van der Waals surface area contributed by atoms with E-state index in [1.54, 1.807) is 0 Å². The normalized spacial score (nSPS) is 18.7. The number of rotatable bonds is 1. The third-order valence-corrected chi connectivity index (χ3v) is 4.17. The molecule has 0 unspecified atom stereocenters. The standard InChI is InChI=1S/C14H16ClN3O/c1-14(15)4-6-18(7-5-14)10-2-3-11-12(8-10)16-9-17-13(11)19/h2-3,8-9H,4-7H2,1H3,(H,16,17,19). The fourth-order valence-electron chi connectivity index (χ4n) is 2.48. The van der Waals surface area contributed by atoms with Gasteiger partial charge in [-0.1, -0.05) is 0 Å². The van der Waals surface area contributed by atoms with Gasteiger partial charge in [0.2, 0.25) is 0 Å². The summed E-state index contributed by atoms with van der Waals surface area (Å²) in [6.45, 7) is 3.97. The van der Waals surface area contributed by atoms with Gasteiger partial charge in [-0.05, 0) is 38.0 Å². The molecule has 0 spiro atoms. The van der Waals surface area contributed by atoms with E-state index in [-0.39, 0.29) is 10.4 Å². The van der Waals surface area contributed by atoms with Crippen LogP contribution in [0.2, 0.25) is 0 Å². The third-order valence-electron chi connectivity index (χ3n) is 3.80. The maximum absolute atomic E-state index is 11.6. The second-order valence-corrected chi connectivity index (χ2v) is 6.25. The van der Waals surface area contributed by atoms with Crippen LogP contribution in [0.5, 0.6) is 0 Å². The van der Waals surface area contributed by atoms with E-state index in [0.29, 0.717) is 5.39 Å². The molecule has 0 aliphatic carbocycles. The van der Waals surface area contributed by atoms with Gasteiger partial charge in [-0.2, -0.15) is 0 Å². The largest absolute Gasteiger partial charge is 0.371 e. The Hall–Kier alpha value is -1.55. The highest BCUT2D eigenvalue weighted by Gasteiger charge is 2.27. The average Bonchev–Trinajstić information content (AvgIpc) is 2.38. The van der Waals surface area contributed by atoms with Crippen LogP contribution in [0.15, 0.2) is 29.3 Å². The number of aromatic amines is 1. The smallest absolute Gasteiger partial charge is 0.258 e. The molecule has 0 saturated carbocycles. The van der Waals surface area contributed by atoms with Crippen LogP contribution in [-0.2, 0) is 0 Å². The number of hydrogen-bond acceptors (Lipinski definition) is 3. The number of nitrogens with zero attached hydrogens (tertiary/aromatic N) is 2. The lowest BCUT2D eigenvalue weighted by atomic mass is 9.97. The number of H-pyrrole nitrogens is 1. The number of fused-ring (bicyclic) bond motifs is 1. The average molecular weight is 278 g/mol. The topological polar surface area (TPSA) is 49.0 Å². The molecule has 100 valence electrons. The molecule has 1 aromatic carbocycles. The molecule has 0 radical (unpaired) electrons. The summed E-state index contributed by atoms with van der Waals surface area (Å²) in [6, 6.07) is 5.79. The maximum Gasteiger partial charge on any atom is 0.258 e. The molecule has 5 heteroatoms. The predicted molar refractivity (Wildman–Crippen MR) is 78.1 cm³/mol. The number of aromatic nitrogens is 2. The monoisotopic (exact) mass is 277 g/mol. The predicted octanol–water partition coefficient (Wildman–Crippen LogP) is 2.52. The molecule has 4 nitrogen and oxygen atoms in total. The molecule has 1 fully saturated rings. The molecular weight excluding hydrogens is 262 g/mol. The summed E-state index contributed by atoms with van der Waals surface area (Å²) in [5.74, 6) is 0. The Morgan fingerprint density at radius 3 is 2.84 bits per heavy atom. The van der Waals surface area contributed by atoms with E-state index >= 15 is 0 Å². The number of benzene rings is 1. The van der Waals surface area contributed by atoms with E-state index in [4.69, 9.17) is 11.6 Å². The number of anilines is 1. The van der Waals surface area contributed by atoms with Crippen molar-refractivity contribution in [3.63, 3.8) is 0 Å². The molecule has 1 aromatic heterocycles. The minimum absolute atomic E-state index is 0.0806. The molecule has 1 aliphatic heterocycles. The second-order valence-electron chi connectivity index (χ2n) is 5.33. The van der Waals surface area contributed by atoms with E-state index in [1.165, 1.54) is 6.33 Å². The number of piperidine rings is 1. The van der Waals surface area contributed by atoms with Gasteiger partial charge in [-0.15, -0.1) is 11.6 Å². The summed E-state index contributed by atoms with van der Waals surface area (Å²) in [5, 5.41) is 0.630. The highest BCUT2D eigenvalue weighted by atomic mass is 35.5. The van der Waals surface area contributed by atoms with Crippen molar-refractivity contribution < 1.29 is 0 Å². The Balaban J connectivity index is 1.92. The van der Waals surface area contributed by atoms with Gasteiger partial charge in [0.1, 0.15) is 0 Å². The molecule has 1 aliphatic rings. The van der Waals surface area contributed by atoms with Crippen molar-refractivity contribution in [3.8, 4) is 0 Å². The SMILES string of the molecule is CC1(Cl)CCN(c2ccc3c(=O)[nH]cnc3c2)CC1. The van der Waals surface area contributed by atoms with Gasteiger partial charge in [0.25, 0.3) is 5.56 Å². The van der Waals surface area contributed by atoms with Gasteiger partial charge >= 0.3 is 0 Å². The van der Waals surface area contributed by atoms with Gasteiger partial charge in [0.05, 0.1) is 17.2 Å². The summed E-state index contributed by atoms with van der Waals surface area (Å²) < 4.78 is 0. The fourth-order valence-corrected chi connectivity index (χ4v) is 2.65. The van der Waals surface area contributed by atoms with Crippen molar-refractivity contribution in [1.29, 1.82) is 0 Å². The van der Waals surface area contributed by atoms with Crippen LogP contribution in [0.1, 0.15) is 19.8 Å². The zero-order valence-corrected chi connectivity index (χ0v) is 11.6. The Labute approximate surface area is 116 Å². The Morgan fingerprint density at radius 2 is 2.11 bits per heavy atom. The summed E-state index contributed by atoms with van der Waals surface area (Å²) >= 11 is 6.36. The molecule has 0 atom stereocenters. The first-order valence-corrected chi connectivity index (χ1v) is 6.84. The molecule has 0 bridgehead atoms. The van der Waals surface area contributed by atoms with Crippen LogP contribution >= 0.6 is 11.6 Å². The number of halogens is 1. The minimum Gasteiger partial charge on any atom is -0.371 e. The summed E-state index contributed by atoms with van der Waals surface area (Å²) in [7, 11) is 0. The highest BCUT2D eigenvalue weighted by molar-refractivity contribution is 6.23. The second kappa shape index (κ2) is 4.53. The fraction of sp³-hybridized carbons (Fsp3) is 0.429. The first-order chi connectivity index (χ1) is 9.05. The molecule has 2 heterocycles. The van der Waals surface area contributed by atoms with Crippen LogP contribution in [-0.4, -0.2) is 27.9 Å². The van der Waals surface area contributed by atoms with Gasteiger partial charge in [0, 0.05) is 23.7 Å². The summed E-state index contributed by atoms with van der Waals surface area (Å²) in [6.07, 6.45) is 3.38. The lowest BCUT2D eigenvalue weighted by Gasteiger charge is -2.36. The Bertz CT molecular complexity index is 655. The molecule has 1 saturated heterocycles.